The van der Waals surface area contributed by atoms with E-state index in [9.17, 15) is 9.59 Å². The summed E-state index contributed by atoms with van der Waals surface area (Å²) in [4.78, 5) is 26.6. The Kier molecular flexibility index (Phi) is 5.43. The predicted molar refractivity (Wildman–Crippen MR) is 112 cm³/mol. The summed E-state index contributed by atoms with van der Waals surface area (Å²) in [6.07, 6.45) is 3.32. The normalized spacial score (nSPS) is 16.6. The Labute approximate surface area is 165 Å². The number of nitrogens with one attached hydrogen (secondary N) is 2. The van der Waals surface area contributed by atoms with Gasteiger partial charge in [0.25, 0.3) is 11.8 Å². The topological polar surface area (TPSA) is 58.2 Å². The van der Waals surface area contributed by atoms with Crippen LogP contribution in [0.2, 0.25) is 0 Å². The zero-order valence-corrected chi connectivity index (χ0v) is 17.5. The lowest BCUT2D eigenvalue weighted by molar-refractivity contribution is 0.0962. The van der Waals surface area contributed by atoms with Gasteiger partial charge >= 0.3 is 0 Å². The van der Waals surface area contributed by atoms with Crippen LogP contribution in [0.15, 0.2) is 24.3 Å². The number of carbonyl (C=O) groups excluding carboxylic acids is 2. The molecule has 2 N–H and O–H groups in total. The van der Waals surface area contributed by atoms with Gasteiger partial charge in [-0.2, -0.15) is 0 Å². The first-order valence-electron chi connectivity index (χ1n) is 9.44. The van der Waals surface area contributed by atoms with Crippen LogP contribution < -0.4 is 10.6 Å². The van der Waals surface area contributed by atoms with Crippen LogP contribution in [0, 0.1) is 18.3 Å². The minimum Gasteiger partial charge on any atom is -0.355 e. The Morgan fingerprint density at radius 2 is 1.89 bits per heavy atom. The van der Waals surface area contributed by atoms with E-state index in [1.807, 2.05) is 6.92 Å². The smallest absolute Gasteiger partial charge is 0.265 e. The van der Waals surface area contributed by atoms with Gasteiger partial charge in [-0.15, -0.1) is 11.3 Å². The Bertz CT molecular complexity index is 877. The fourth-order valence-electron chi connectivity index (χ4n) is 3.65. The van der Waals surface area contributed by atoms with Crippen molar-refractivity contribution in [2.45, 2.75) is 47.0 Å². The lowest BCUT2D eigenvalue weighted by atomic mass is 9.72. The fraction of sp³-hybridized carbons (Fsp3) is 0.455. The standard InChI is InChI=1S/C22H28N2O2S/c1-13-10-14(20(25)23-5)6-8-17(13)24-21(26)19-12-15-11-16(22(2,3)4)7-9-18(15)27-19/h6,8,10,12,16H,7,9,11H2,1-5H3,(H,23,25)(H,24,26)/t16-/m1/s1. The molecule has 0 spiro atoms. The van der Waals surface area contributed by atoms with E-state index >= 15 is 0 Å². The molecule has 2 aromatic rings. The van der Waals surface area contributed by atoms with Gasteiger partial charge in [0.2, 0.25) is 0 Å². The molecule has 0 saturated heterocycles. The zero-order valence-electron chi connectivity index (χ0n) is 16.7. The van der Waals surface area contributed by atoms with Crippen molar-refractivity contribution in [2.24, 2.45) is 11.3 Å². The van der Waals surface area contributed by atoms with Crippen molar-refractivity contribution in [3.05, 3.63) is 50.7 Å². The monoisotopic (exact) mass is 384 g/mol. The number of anilines is 1. The van der Waals surface area contributed by atoms with E-state index in [4.69, 9.17) is 0 Å². The molecule has 1 aliphatic rings. The molecular weight excluding hydrogens is 356 g/mol. The van der Waals surface area contributed by atoms with Crippen molar-refractivity contribution in [3.8, 4) is 0 Å². The van der Waals surface area contributed by atoms with Gasteiger partial charge in [-0.1, -0.05) is 20.8 Å². The zero-order chi connectivity index (χ0) is 19.8. The molecule has 4 nitrogen and oxygen atoms in total. The van der Waals surface area contributed by atoms with E-state index in [1.54, 1.807) is 36.6 Å². The maximum Gasteiger partial charge on any atom is 0.265 e. The summed E-state index contributed by atoms with van der Waals surface area (Å²) in [5.41, 5.74) is 3.84. The molecule has 0 fully saturated rings. The first kappa shape index (κ1) is 19.6. The predicted octanol–water partition coefficient (Wildman–Crippen LogP) is 4.82. The quantitative estimate of drug-likeness (QED) is 0.797. The number of hydrogen-bond acceptors (Lipinski definition) is 3. The molecule has 5 heteroatoms. The third kappa shape index (κ3) is 4.24. The van der Waals surface area contributed by atoms with Crippen molar-refractivity contribution in [2.75, 3.05) is 12.4 Å². The van der Waals surface area contributed by atoms with Crippen LogP contribution in [0.5, 0.6) is 0 Å². The number of rotatable bonds is 3. The van der Waals surface area contributed by atoms with Gasteiger partial charge in [-0.05, 0) is 72.9 Å². The average molecular weight is 385 g/mol. The van der Waals surface area contributed by atoms with E-state index < -0.39 is 0 Å². The summed E-state index contributed by atoms with van der Waals surface area (Å²) in [6.45, 7) is 8.80. The van der Waals surface area contributed by atoms with Gasteiger partial charge < -0.3 is 10.6 Å². The summed E-state index contributed by atoms with van der Waals surface area (Å²) in [6, 6.07) is 7.39. The molecule has 2 amide bonds. The number of benzene rings is 1. The van der Waals surface area contributed by atoms with Gasteiger partial charge in [-0.25, -0.2) is 0 Å². The highest BCUT2D eigenvalue weighted by atomic mass is 32.1. The number of amides is 2. The third-order valence-electron chi connectivity index (χ3n) is 5.50. The fourth-order valence-corrected chi connectivity index (χ4v) is 4.75. The molecule has 3 rings (SSSR count). The Hall–Kier alpha value is -2.14. The second-order valence-corrected chi connectivity index (χ2v) is 9.56. The SMILES string of the molecule is CNC(=O)c1ccc(NC(=O)c2cc3c(s2)CC[C@@H](C(C)(C)C)C3)c(C)c1. The number of hydrogen-bond donors (Lipinski definition) is 2. The van der Waals surface area contributed by atoms with Crippen molar-refractivity contribution in [1.82, 2.24) is 5.32 Å². The van der Waals surface area contributed by atoms with E-state index in [0.717, 1.165) is 29.0 Å². The summed E-state index contributed by atoms with van der Waals surface area (Å²) in [7, 11) is 1.61. The average Bonchev–Trinajstić information content (AvgIpc) is 3.05. The Morgan fingerprint density at radius 3 is 2.52 bits per heavy atom. The van der Waals surface area contributed by atoms with Gasteiger partial charge in [0, 0.05) is 23.2 Å². The van der Waals surface area contributed by atoms with Gasteiger partial charge in [0.1, 0.15) is 0 Å². The lowest BCUT2D eigenvalue weighted by Crippen LogP contribution is -2.26. The minimum absolute atomic E-state index is 0.0718. The molecule has 0 unspecified atom stereocenters. The van der Waals surface area contributed by atoms with Gasteiger partial charge in [-0.3, -0.25) is 9.59 Å². The number of carbonyl (C=O) groups is 2. The maximum absolute atomic E-state index is 12.8. The largest absolute Gasteiger partial charge is 0.355 e. The first-order valence-corrected chi connectivity index (χ1v) is 10.3. The van der Waals surface area contributed by atoms with Crippen LogP contribution in [0.25, 0.3) is 0 Å². The molecule has 1 heterocycles. The highest BCUT2D eigenvalue weighted by Gasteiger charge is 2.30. The highest BCUT2D eigenvalue weighted by Crippen LogP contribution is 2.40. The van der Waals surface area contributed by atoms with E-state index in [-0.39, 0.29) is 11.8 Å². The van der Waals surface area contributed by atoms with Crippen molar-refractivity contribution in [1.29, 1.82) is 0 Å². The van der Waals surface area contributed by atoms with E-state index in [1.165, 1.54) is 16.9 Å². The van der Waals surface area contributed by atoms with Crippen molar-refractivity contribution in [3.63, 3.8) is 0 Å². The summed E-state index contributed by atoms with van der Waals surface area (Å²) in [5.74, 6) is 0.461. The maximum atomic E-state index is 12.8. The minimum atomic E-state index is -0.129. The first-order chi connectivity index (χ1) is 12.7. The second kappa shape index (κ2) is 7.47. The van der Waals surface area contributed by atoms with Crippen molar-refractivity contribution >= 4 is 28.8 Å². The molecule has 0 bridgehead atoms. The van der Waals surface area contributed by atoms with E-state index in [2.05, 4.69) is 37.5 Å². The molecule has 1 aromatic heterocycles. The second-order valence-electron chi connectivity index (χ2n) is 8.43. The summed E-state index contributed by atoms with van der Waals surface area (Å²) < 4.78 is 0. The lowest BCUT2D eigenvalue weighted by Gasteiger charge is -2.33. The van der Waals surface area contributed by atoms with Crippen LogP contribution in [0.4, 0.5) is 5.69 Å². The Morgan fingerprint density at radius 1 is 1.15 bits per heavy atom. The number of aryl methyl sites for hydroxylation is 2. The van der Waals surface area contributed by atoms with Crippen LogP contribution >= 0.6 is 11.3 Å². The van der Waals surface area contributed by atoms with Gasteiger partial charge in [0.05, 0.1) is 4.88 Å². The molecule has 1 aliphatic carbocycles. The van der Waals surface area contributed by atoms with E-state index in [0.29, 0.717) is 16.9 Å². The number of thiophene rings is 1. The third-order valence-corrected chi connectivity index (χ3v) is 6.73. The molecule has 0 radical (unpaired) electrons. The van der Waals surface area contributed by atoms with Gasteiger partial charge in [0.15, 0.2) is 0 Å². The molecule has 144 valence electrons. The number of fused-ring (bicyclic) bond motifs is 1. The van der Waals surface area contributed by atoms with Crippen LogP contribution in [0.1, 0.15) is 63.2 Å². The summed E-state index contributed by atoms with van der Waals surface area (Å²) >= 11 is 1.62. The molecule has 0 saturated carbocycles. The van der Waals surface area contributed by atoms with Crippen LogP contribution in [-0.4, -0.2) is 18.9 Å². The molecule has 1 aromatic carbocycles. The highest BCUT2D eigenvalue weighted by molar-refractivity contribution is 7.14. The van der Waals surface area contributed by atoms with Crippen LogP contribution in [0.3, 0.4) is 0 Å². The summed E-state index contributed by atoms with van der Waals surface area (Å²) in [5, 5.41) is 5.61. The molecular formula is C22H28N2O2S. The van der Waals surface area contributed by atoms with Crippen LogP contribution in [-0.2, 0) is 12.8 Å². The van der Waals surface area contributed by atoms with Crippen molar-refractivity contribution < 1.29 is 9.59 Å². The molecule has 27 heavy (non-hydrogen) atoms. The Balaban J connectivity index is 1.75. The molecule has 1 atom stereocenters. The molecule has 0 aliphatic heterocycles.